The molecule has 0 atom stereocenters. The molecule has 0 unspecified atom stereocenters. The Kier molecular flexibility index (Phi) is 5.79. The van der Waals surface area contributed by atoms with Crippen LogP contribution in [0.1, 0.15) is 27.8 Å². The molecule has 0 bridgehead atoms. The minimum Gasteiger partial charge on any atom is -0.497 e. The van der Waals surface area contributed by atoms with E-state index in [1.54, 1.807) is 38.3 Å². The van der Waals surface area contributed by atoms with Crippen molar-refractivity contribution in [3.63, 3.8) is 0 Å². The summed E-state index contributed by atoms with van der Waals surface area (Å²) >= 11 is 3.49. The number of ether oxygens (including phenoxy) is 2. The van der Waals surface area contributed by atoms with Crippen LogP contribution < -0.4 is 10.5 Å². The van der Waals surface area contributed by atoms with Crippen LogP contribution in [0.3, 0.4) is 0 Å². The zero-order valence-electron chi connectivity index (χ0n) is 15.3. The molecule has 28 heavy (non-hydrogen) atoms. The lowest BCUT2D eigenvalue weighted by atomic mass is 10.0. The van der Waals surface area contributed by atoms with Gasteiger partial charge in [0, 0.05) is 10.0 Å². The van der Waals surface area contributed by atoms with E-state index in [1.807, 2.05) is 24.3 Å². The molecule has 1 heterocycles. The van der Waals surface area contributed by atoms with Crippen LogP contribution in [0.4, 0.5) is 0 Å². The first-order chi connectivity index (χ1) is 13.5. The first-order valence-electron chi connectivity index (χ1n) is 8.47. The van der Waals surface area contributed by atoms with Crippen LogP contribution in [-0.2, 0) is 4.74 Å². The Labute approximate surface area is 170 Å². The van der Waals surface area contributed by atoms with E-state index in [1.165, 1.54) is 4.68 Å². The van der Waals surface area contributed by atoms with Gasteiger partial charge in [0.25, 0.3) is 5.91 Å². The van der Waals surface area contributed by atoms with Gasteiger partial charge in [-0.2, -0.15) is 5.10 Å². The summed E-state index contributed by atoms with van der Waals surface area (Å²) in [6, 6.07) is 14.4. The van der Waals surface area contributed by atoms with Crippen molar-refractivity contribution in [1.82, 2.24) is 9.78 Å². The molecule has 0 radical (unpaired) electrons. The molecular weight excluding hydrogens is 426 g/mol. The number of carbonyl (C=O) groups is 2. The van der Waals surface area contributed by atoms with Crippen LogP contribution in [0.25, 0.3) is 16.9 Å². The van der Waals surface area contributed by atoms with E-state index in [2.05, 4.69) is 21.0 Å². The number of nitrogens with zero attached hydrogens (tertiary/aromatic N) is 2. The second-order valence-electron chi connectivity index (χ2n) is 5.75. The first-order valence-corrected chi connectivity index (χ1v) is 9.26. The maximum atomic E-state index is 12.4. The summed E-state index contributed by atoms with van der Waals surface area (Å²) in [5, 5.41) is 4.38. The van der Waals surface area contributed by atoms with E-state index in [4.69, 9.17) is 15.2 Å². The lowest BCUT2D eigenvalue weighted by molar-refractivity contribution is 0.0515. The van der Waals surface area contributed by atoms with Crippen molar-refractivity contribution in [3.05, 3.63) is 64.3 Å². The molecule has 144 valence electrons. The number of rotatable bonds is 6. The van der Waals surface area contributed by atoms with Crippen molar-refractivity contribution in [2.75, 3.05) is 13.7 Å². The Balaban J connectivity index is 2.34. The van der Waals surface area contributed by atoms with Crippen LogP contribution in [0.2, 0.25) is 0 Å². The van der Waals surface area contributed by atoms with Crippen molar-refractivity contribution in [1.29, 1.82) is 0 Å². The fourth-order valence-electron chi connectivity index (χ4n) is 2.81. The summed E-state index contributed by atoms with van der Waals surface area (Å²) in [6.45, 7) is 1.83. The molecule has 2 aromatic carbocycles. The van der Waals surface area contributed by atoms with Crippen LogP contribution in [-0.4, -0.2) is 35.4 Å². The van der Waals surface area contributed by atoms with E-state index in [0.717, 1.165) is 4.47 Å². The summed E-state index contributed by atoms with van der Waals surface area (Å²) in [4.78, 5) is 24.7. The number of benzene rings is 2. The fourth-order valence-corrected chi connectivity index (χ4v) is 3.26. The zero-order chi connectivity index (χ0) is 20.3. The largest absolute Gasteiger partial charge is 0.497 e. The van der Waals surface area contributed by atoms with Crippen molar-refractivity contribution in [2.24, 2.45) is 5.73 Å². The number of amides is 1. The maximum absolute atomic E-state index is 12.4. The number of primary amides is 1. The number of aromatic nitrogens is 2. The molecule has 3 aromatic rings. The van der Waals surface area contributed by atoms with Gasteiger partial charge in [0.05, 0.1) is 25.1 Å². The Bertz CT molecular complexity index is 1030. The molecular formula is C20H18BrN3O4. The Morgan fingerprint density at radius 1 is 1.14 bits per heavy atom. The van der Waals surface area contributed by atoms with Crippen molar-refractivity contribution in [2.45, 2.75) is 6.92 Å². The molecule has 0 aliphatic rings. The third kappa shape index (κ3) is 3.63. The predicted molar refractivity (Wildman–Crippen MR) is 108 cm³/mol. The average molecular weight is 444 g/mol. The molecule has 0 spiro atoms. The van der Waals surface area contributed by atoms with Crippen molar-refractivity contribution < 1.29 is 19.1 Å². The Morgan fingerprint density at radius 3 is 2.39 bits per heavy atom. The van der Waals surface area contributed by atoms with Gasteiger partial charge in [-0.15, -0.1) is 0 Å². The molecule has 7 nitrogen and oxygen atoms in total. The number of para-hydroxylation sites is 1. The SMILES string of the molecule is CCOC(=O)c1nn(-c2ccccc2Br)c(-c2ccc(OC)cc2)c1C(N)=O. The standard InChI is InChI=1S/C20H18BrN3O4/c1-3-28-20(26)17-16(19(22)25)18(12-8-10-13(27-2)11-9-12)24(23-17)15-7-5-4-6-14(15)21/h4-11H,3H2,1-2H3,(H2,22,25). The van der Waals surface area contributed by atoms with Gasteiger partial charge in [-0.3, -0.25) is 4.79 Å². The van der Waals surface area contributed by atoms with Crippen LogP contribution in [0.5, 0.6) is 5.75 Å². The highest BCUT2D eigenvalue weighted by molar-refractivity contribution is 9.10. The van der Waals surface area contributed by atoms with Gasteiger partial charge >= 0.3 is 5.97 Å². The van der Waals surface area contributed by atoms with E-state index in [-0.39, 0.29) is 17.9 Å². The smallest absolute Gasteiger partial charge is 0.359 e. The minimum atomic E-state index is -0.771. The molecule has 1 amide bonds. The zero-order valence-corrected chi connectivity index (χ0v) is 16.9. The number of carbonyl (C=O) groups excluding carboxylic acids is 2. The molecule has 0 saturated heterocycles. The predicted octanol–water partition coefficient (Wildman–Crippen LogP) is 3.59. The third-order valence-electron chi connectivity index (χ3n) is 4.04. The van der Waals surface area contributed by atoms with Gasteiger partial charge in [-0.1, -0.05) is 12.1 Å². The average Bonchev–Trinajstić information content (AvgIpc) is 3.09. The highest BCUT2D eigenvalue weighted by Crippen LogP contribution is 2.33. The fraction of sp³-hybridized carbons (Fsp3) is 0.150. The minimum absolute atomic E-state index is 0.000583. The van der Waals surface area contributed by atoms with Gasteiger partial charge in [0.2, 0.25) is 0 Å². The molecule has 2 N–H and O–H groups in total. The molecule has 0 fully saturated rings. The van der Waals surface area contributed by atoms with Crippen molar-refractivity contribution in [3.8, 4) is 22.7 Å². The summed E-state index contributed by atoms with van der Waals surface area (Å²) in [6.07, 6.45) is 0. The second-order valence-corrected chi connectivity index (χ2v) is 6.60. The van der Waals surface area contributed by atoms with Crippen LogP contribution in [0.15, 0.2) is 53.0 Å². The number of halogens is 1. The number of esters is 1. The lowest BCUT2D eigenvalue weighted by Crippen LogP contribution is -2.17. The van der Waals surface area contributed by atoms with Gasteiger partial charge in [0.1, 0.15) is 11.3 Å². The highest BCUT2D eigenvalue weighted by Gasteiger charge is 2.29. The van der Waals surface area contributed by atoms with Crippen LogP contribution >= 0.6 is 15.9 Å². The number of nitrogens with two attached hydrogens (primary N) is 1. The molecule has 8 heteroatoms. The van der Waals surface area contributed by atoms with Gasteiger partial charge in [0.15, 0.2) is 5.69 Å². The van der Waals surface area contributed by atoms with Gasteiger partial charge in [-0.25, -0.2) is 9.48 Å². The van der Waals surface area contributed by atoms with E-state index in [0.29, 0.717) is 22.7 Å². The molecule has 0 saturated carbocycles. The summed E-state index contributed by atoms with van der Waals surface area (Å²) in [7, 11) is 1.56. The number of methoxy groups -OCH3 is 1. The summed E-state index contributed by atoms with van der Waals surface area (Å²) < 4.78 is 12.5. The highest BCUT2D eigenvalue weighted by atomic mass is 79.9. The van der Waals surface area contributed by atoms with E-state index < -0.39 is 11.9 Å². The number of hydrogen-bond donors (Lipinski definition) is 1. The Hall–Kier alpha value is -3.13. The van der Waals surface area contributed by atoms with E-state index in [9.17, 15) is 9.59 Å². The lowest BCUT2D eigenvalue weighted by Gasteiger charge is -2.11. The van der Waals surface area contributed by atoms with E-state index >= 15 is 0 Å². The summed E-state index contributed by atoms with van der Waals surface area (Å²) in [5.41, 5.74) is 7.19. The quantitative estimate of drug-likeness (QED) is 0.587. The molecule has 0 aliphatic heterocycles. The number of hydrogen-bond acceptors (Lipinski definition) is 5. The molecule has 1 aromatic heterocycles. The third-order valence-corrected chi connectivity index (χ3v) is 4.72. The van der Waals surface area contributed by atoms with Gasteiger partial charge < -0.3 is 15.2 Å². The monoisotopic (exact) mass is 443 g/mol. The molecule has 0 aliphatic carbocycles. The van der Waals surface area contributed by atoms with Crippen molar-refractivity contribution >= 4 is 27.8 Å². The van der Waals surface area contributed by atoms with Gasteiger partial charge in [-0.05, 0) is 59.3 Å². The second kappa shape index (κ2) is 8.26. The summed E-state index contributed by atoms with van der Waals surface area (Å²) in [5.74, 6) is -0.828. The maximum Gasteiger partial charge on any atom is 0.359 e. The topological polar surface area (TPSA) is 96.4 Å². The normalized spacial score (nSPS) is 10.5. The Morgan fingerprint density at radius 2 is 1.82 bits per heavy atom. The van der Waals surface area contributed by atoms with Crippen LogP contribution in [0, 0.1) is 0 Å². The molecule has 3 rings (SSSR count). The first kappa shape index (κ1) is 19.6.